The monoisotopic (exact) mass is 437 g/mol. The molecular formula is C21H22F3N3O4. The number of primary amides is 1. The number of nitrogens with one attached hydrogen (secondary N) is 1. The number of methoxy groups -OCH3 is 1. The maximum Gasteiger partial charge on any atom is 0.416 e. The SMILES string of the molecule is COc1ccc(Oc2ccc(C(F)(F)F)cc2)cc1NC(=O)C1CCCN1CC(N)=O. The van der Waals surface area contributed by atoms with Crippen LogP contribution in [0.3, 0.4) is 0 Å². The van der Waals surface area contributed by atoms with E-state index in [0.29, 0.717) is 30.2 Å². The number of carbonyl (C=O) groups is 2. The third-order valence-corrected chi connectivity index (χ3v) is 4.87. The minimum absolute atomic E-state index is 0.00765. The molecule has 1 atom stereocenters. The molecule has 0 aromatic heterocycles. The Bertz CT molecular complexity index is 948. The number of hydrogen-bond donors (Lipinski definition) is 2. The fraction of sp³-hybridized carbons (Fsp3) is 0.333. The summed E-state index contributed by atoms with van der Waals surface area (Å²) in [4.78, 5) is 25.7. The van der Waals surface area contributed by atoms with Crippen molar-refractivity contribution in [2.45, 2.75) is 25.1 Å². The van der Waals surface area contributed by atoms with Crippen LogP contribution in [0, 0.1) is 0 Å². The molecule has 2 aromatic rings. The molecule has 3 N–H and O–H groups in total. The summed E-state index contributed by atoms with van der Waals surface area (Å²) < 4.78 is 49.0. The number of ether oxygens (including phenoxy) is 2. The maximum absolute atomic E-state index is 12.8. The van der Waals surface area contributed by atoms with Gasteiger partial charge in [-0.25, -0.2) is 0 Å². The van der Waals surface area contributed by atoms with E-state index >= 15 is 0 Å². The number of nitrogens with zero attached hydrogens (tertiary/aromatic N) is 1. The second-order valence-corrected chi connectivity index (χ2v) is 7.07. The number of amides is 2. The predicted molar refractivity (Wildman–Crippen MR) is 107 cm³/mol. The van der Waals surface area contributed by atoms with Gasteiger partial charge in [0.05, 0.1) is 30.9 Å². The molecule has 7 nitrogen and oxygen atoms in total. The minimum Gasteiger partial charge on any atom is -0.495 e. The zero-order valence-electron chi connectivity index (χ0n) is 16.7. The molecule has 0 aliphatic carbocycles. The van der Waals surface area contributed by atoms with E-state index in [-0.39, 0.29) is 18.2 Å². The van der Waals surface area contributed by atoms with Crippen molar-refractivity contribution >= 4 is 17.5 Å². The molecule has 1 heterocycles. The summed E-state index contributed by atoms with van der Waals surface area (Å²) >= 11 is 0. The van der Waals surface area contributed by atoms with Crippen molar-refractivity contribution in [2.75, 3.05) is 25.5 Å². The first-order valence-electron chi connectivity index (χ1n) is 9.54. The Labute approximate surface area is 176 Å². The van der Waals surface area contributed by atoms with Gasteiger partial charge in [0.15, 0.2) is 0 Å². The smallest absolute Gasteiger partial charge is 0.416 e. The van der Waals surface area contributed by atoms with E-state index in [4.69, 9.17) is 15.2 Å². The van der Waals surface area contributed by atoms with Crippen molar-refractivity contribution in [1.29, 1.82) is 0 Å². The molecule has 1 aliphatic heterocycles. The highest BCUT2D eigenvalue weighted by molar-refractivity contribution is 5.96. The Kier molecular flexibility index (Phi) is 6.69. The van der Waals surface area contributed by atoms with Gasteiger partial charge in [0.2, 0.25) is 11.8 Å². The fourth-order valence-corrected chi connectivity index (χ4v) is 3.42. The number of anilines is 1. The van der Waals surface area contributed by atoms with Crippen molar-refractivity contribution in [3.8, 4) is 17.2 Å². The number of hydrogen-bond acceptors (Lipinski definition) is 5. The summed E-state index contributed by atoms with van der Waals surface area (Å²) in [6.07, 6.45) is -3.08. The van der Waals surface area contributed by atoms with E-state index in [2.05, 4.69) is 5.32 Å². The molecule has 0 spiro atoms. The van der Waals surface area contributed by atoms with Crippen LogP contribution in [-0.4, -0.2) is 43.0 Å². The quantitative estimate of drug-likeness (QED) is 0.693. The third kappa shape index (κ3) is 5.66. The van der Waals surface area contributed by atoms with Crippen LogP contribution in [0.4, 0.5) is 18.9 Å². The molecule has 2 aromatic carbocycles. The Hall–Kier alpha value is -3.27. The first kappa shape index (κ1) is 22.4. The average Bonchev–Trinajstić information content (AvgIpc) is 3.15. The van der Waals surface area contributed by atoms with Crippen molar-refractivity contribution in [3.63, 3.8) is 0 Å². The second-order valence-electron chi connectivity index (χ2n) is 7.07. The van der Waals surface area contributed by atoms with Gasteiger partial charge >= 0.3 is 6.18 Å². The fourth-order valence-electron chi connectivity index (χ4n) is 3.42. The van der Waals surface area contributed by atoms with Crippen molar-refractivity contribution in [2.24, 2.45) is 5.73 Å². The van der Waals surface area contributed by atoms with Gasteiger partial charge in [0.1, 0.15) is 17.2 Å². The van der Waals surface area contributed by atoms with Crippen molar-refractivity contribution in [3.05, 3.63) is 48.0 Å². The summed E-state index contributed by atoms with van der Waals surface area (Å²) in [7, 11) is 1.44. The summed E-state index contributed by atoms with van der Waals surface area (Å²) in [5.74, 6) is 0.0654. The van der Waals surface area contributed by atoms with E-state index in [0.717, 1.165) is 18.6 Å². The summed E-state index contributed by atoms with van der Waals surface area (Å²) in [5.41, 5.74) is 4.81. The van der Waals surface area contributed by atoms with Crippen LogP contribution >= 0.6 is 0 Å². The Morgan fingerprint density at radius 2 is 1.84 bits per heavy atom. The topological polar surface area (TPSA) is 93.9 Å². The van der Waals surface area contributed by atoms with Gasteiger partial charge in [-0.1, -0.05) is 0 Å². The minimum atomic E-state index is -4.43. The van der Waals surface area contributed by atoms with E-state index in [1.807, 2.05) is 0 Å². The van der Waals surface area contributed by atoms with Crippen LogP contribution in [0.5, 0.6) is 17.2 Å². The predicted octanol–water partition coefficient (Wildman–Crippen LogP) is 3.39. The number of benzene rings is 2. The highest BCUT2D eigenvalue weighted by Crippen LogP contribution is 2.34. The number of likely N-dealkylation sites (tertiary alicyclic amines) is 1. The molecule has 1 fully saturated rings. The molecule has 31 heavy (non-hydrogen) atoms. The Morgan fingerprint density at radius 3 is 2.45 bits per heavy atom. The molecule has 1 unspecified atom stereocenters. The molecule has 1 aliphatic rings. The van der Waals surface area contributed by atoms with Gasteiger partial charge in [-0.15, -0.1) is 0 Å². The molecule has 0 bridgehead atoms. The average molecular weight is 437 g/mol. The Balaban J connectivity index is 1.74. The molecule has 166 valence electrons. The summed E-state index contributed by atoms with van der Waals surface area (Å²) in [6, 6.07) is 8.44. The molecule has 0 saturated carbocycles. The summed E-state index contributed by atoms with van der Waals surface area (Å²) in [6.45, 7) is 0.585. The summed E-state index contributed by atoms with van der Waals surface area (Å²) in [5, 5.41) is 2.78. The second kappa shape index (κ2) is 9.25. The normalized spacial score (nSPS) is 16.7. The van der Waals surface area contributed by atoms with Crippen LogP contribution in [0.15, 0.2) is 42.5 Å². The van der Waals surface area contributed by atoms with Crippen LogP contribution in [0.25, 0.3) is 0 Å². The van der Waals surface area contributed by atoms with E-state index < -0.39 is 23.7 Å². The van der Waals surface area contributed by atoms with E-state index in [1.165, 1.54) is 25.3 Å². The standard InChI is InChI=1S/C21H22F3N3O4/c1-30-18-9-8-15(31-14-6-4-13(5-7-14)21(22,23)24)11-16(18)26-20(29)17-3-2-10-27(17)12-19(25)28/h4-9,11,17H,2-3,10,12H2,1H3,(H2,25,28)(H,26,29). The molecular weight excluding hydrogens is 415 g/mol. The number of alkyl halides is 3. The molecule has 3 rings (SSSR count). The molecule has 10 heteroatoms. The number of halogens is 3. The van der Waals surface area contributed by atoms with Gasteiger partial charge in [0.25, 0.3) is 0 Å². The molecule has 0 radical (unpaired) electrons. The van der Waals surface area contributed by atoms with E-state index in [1.54, 1.807) is 17.0 Å². The molecule has 2 amide bonds. The first-order chi connectivity index (χ1) is 14.7. The largest absolute Gasteiger partial charge is 0.495 e. The zero-order chi connectivity index (χ0) is 22.6. The maximum atomic E-state index is 12.8. The lowest BCUT2D eigenvalue weighted by atomic mass is 10.2. The first-order valence-corrected chi connectivity index (χ1v) is 9.54. The van der Waals surface area contributed by atoms with Crippen molar-refractivity contribution < 1.29 is 32.2 Å². The zero-order valence-corrected chi connectivity index (χ0v) is 16.7. The lowest BCUT2D eigenvalue weighted by molar-refractivity contribution is -0.137. The van der Waals surface area contributed by atoms with Crippen LogP contribution in [0.1, 0.15) is 18.4 Å². The van der Waals surface area contributed by atoms with Gasteiger partial charge in [-0.2, -0.15) is 13.2 Å². The van der Waals surface area contributed by atoms with Crippen molar-refractivity contribution in [1.82, 2.24) is 4.90 Å². The van der Waals surface area contributed by atoms with Crippen LogP contribution < -0.4 is 20.5 Å². The number of carbonyl (C=O) groups excluding carboxylic acids is 2. The highest BCUT2D eigenvalue weighted by Gasteiger charge is 2.32. The van der Waals surface area contributed by atoms with Crippen LogP contribution in [-0.2, 0) is 15.8 Å². The molecule has 1 saturated heterocycles. The Morgan fingerprint density at radius 1 is 1.16 bits per heavy atom. The number of nitrogens with two attached hydrogens (primary N) is 1. The van der Waals surface area contributed by atoms with Gasteiger partial charge in [-0.3, -0.25) is 14.5 Å². The lowest BCUT2D eigenvalue weighted by Crippen LogP contribution is -2.43. The van der Waals surface area contributed by atoms with E-state index in [9.17, 15) is 22.8 Å². The van der Waals surface area contributed by atoms with Gasteiger partial charge in [-0.05, 0) is 55.8 Å². The highest BCUT2D eigenvalue weighted by atomic mass is 19.4. The van der Waals surface area contributed by atoms with Gasteiger partial charge < -0.3 is 20.5 Å². The number of rotatable bonds is 7. The van der Waals surface area contributed by atoms with Gasteiger partial charge in [0, 0.05) is 6.07 Å². The lowest BCUT2D eigenvalue weighted by Gasteiger charge is -2.22. The van der Waals surface area contributed by atoms with Crippen LogP contribution in [0.2, 0.25) is 0 Å². The third-order valence-electron chi connectivity index (χ3n) is 4.87.